The molecular weight excluding hydrogens is 270 g/mol. The number of carbonyl (C=O) groups excluding carboxylic acids is 1. The van der Waals surface area contributed by atoms with Gasteiger partial charge in [0.05, 0.1) is 5.52 Å². The van der Waals surface area contributed by atoms with E-state index in [-0.39, 0.29) is 5.92 Å². The average molecular weight is 288 g/mol. The van der Waals surface area contributed by atoms with E-state index < -0.39 is 0 Å². The number of para-hydroxylation sites is 1. The Labute approximate surface area is 130 Å². The molecule has 0 aliphatic heterocycles. The van der Waals surface area contributed by atoms with E-state index in [2.05, 4.69) is 48.3 Å². The highest BCUT2D eigenvalue weighted by molar-refractivity contribution is 5.83. The second-order valence-corrected chi connectivity index (χ2v) is 5.65. The molecule has 1 radical (unpaired) electrons. The highest BCUT2D eigenvalue weighted by Crippen LogP contribution is 2.30. The summed E-state index contributed by atoms with van der Waals surface area (Å²) in [5.41, 5.74) is 5.61. The summed E-state index contributed by atoms with van der Waals surface area (Å²) in [5, 5.41) is 1.20. The normalized spacial score (nSPS) is 12.3. The summed E-state index contributed by atoms with van der Waals surface area (Å²) in [4.78, 5) is 15.1. The number of aryl methyl sites for hydroxylation is 1. The van der Waals surface area contributed by atoms with E-state index in [1.165, 1.54) is 16.5 Å². The van der Waals surface area contributed by atoms with E-state index in [1.807, 2.05) is 31.4 Å². The molecule has 1 heterocycles. The predicted octanol–water partition coefficient (Wildman–Crippen LogP) is 4.35. The van der Waals surface area contributed by atoms with Crippen LogP contribution in [-0.4, -0.2) is 11.3 Å². The van der Waals surface area contributed by atoms with Crippen molar-refractivity contribution in [1.29, 1.82) is 0 Å². The van der Waals surface area contributed by atoms with Gasteiger partial charge in [0, 0.05) is 23.4 Å². The Morgan fingerprint density at radius 1 is 1.09 bits per heavy atom. The third-order valence-corrected chi connectivity index (χ3v) is 4.10. The maximum atomic E-state index is 10.5. The molecule has 2 nitrogen and oxygen atoms in total. The summed E-state index contributed by atoms with van der Waals surface area (Å²) >= 11 is 0. The summed E-state index contributed by atoms with van der Waals surface area (Å²) in [7, 11) is 0. The molecule has 0 aliphatic rings. The molecule has 0 fully saturated rings. The molecule has 3 rings (SSSR count). The second-order valence-electron chi connectivity index (χ2n) is 5.65. The molecule has 0 amide bonds. The van der Waals surface area contributed by atoms with Gasteiger partial charge in [0.25, 0.3) is 0 Å². The van der Waals surface area contributed by atoms with E-state index in [1.54, 1.807) is 0 Å². The van der Waals surface area contributed by atoms with Crippen molar-refractivity contribution in [3.8, 4) is 0 Å². The third-order valence-electron chi connectivity index (χ3n) is 4.10. The van der Waals surface area contributed by atoms with Crippen LogP contribution in [0.25, 0.3) is 10.9 Å². The number of benzene rings is 2. The largest absolute Gasteiger partial charge is 0.291 e. The number of nitrogens with zero attached hydrogens (tertiary/aromatic N) is 1. The monoisotopic (exact) mass is 288 g/mol. The Balaban J connectivity index is 2.04. The Morgan fingerprint density at radius 3 is 2.55 bits per heavy atom. The summed E-state index contributed by atoms with van der Waals surface area (Å²) in [6.45, 7) is 4.24. The van der Waals surface area contributed by atoms with Crippen molar-refractivity contribution in [2.45, 2.75) is 26.2 Å². The van der Waals surface area contributed by atoms with Crippen molar-refractivity contribution in [2.75, 3.05) is 0 Å². The van der Waals surface area contributed by atoms with Crippen LogP contribution >= 0.6 is 0 Å². The minimum atomic E-state index is 0.279. The lowest BCUT2D eigenvalue weighted by Crippen LogP contribution is -2.00. The minimum absolute atomic E-state index is 0.279. The van der Waals surface area contributed by atoms with E-state index in [9.17, 15) is 4.79 Å². The van der Waals surface area contributed by atoms with Crippen LogP contribution in [0.4, 0.5) is 0 Å². The van der Waals surface area contributed by atoms with Crippen molar-refractivity contribution in [1.82, 2.24) is 4.98 Å². The first kappa shape index (κ1) is 14.5. The molecule has 0 N–H and O–H groups in total. The second kappa shape index (κ2) is 6.10. The Kier molecular flexibility index (Phi) is 4.01. The number of hydrogen-bond donors (Lipinski definition) is 0. The van der Waals surface area contributed by atoms with E-state index >= 15 is 0 Å². The minimum Gasteiger partial charge on any atom is -0.291 e. The zero-order valence-electron chi connectivity index (χ0n) is 12.8. The van der Waals surface area contributed by atoms with Gasteiger partial charge >= 0.3 is 0 Å². The fraction of sp³-hybridized carbons (Fsp3) is 0.200. The third kappa shape index (κ3) is 2.77. The van der Waals surface area contributed by atoms with Crippen molar-refractivity contribution < 1.29 is 4.79 Å². The molecule has 22 heavy (non-hydrogen) atoms. The fourth-order valence-corrected chi connectivity index (χ4v) is 2.89. The van der Waals surface area contributed by atoms with Gasteiger partial charge in [-0.05, 0) is 35.7 Å². The highest BCUT2D eigenvalue weighted by Gasteiger charge is 2.13. The van der Waals surface area contributed by atoms with Gasteiger partial charge < -0.3 is 0 Å². The molecule has 0 saturated heterocycles. The molecule has 3 aromatic rings. The zero-order chi connectivity index (χ0) is 15.5. The number of rotatable bonds is 4. The van der Waals surface area contributed by atoms with E-state index in [4.69, 9.17) is 0 Å². The molecule has 109 valence electrons. The Bertz CT molecular complexity index is 806. The van der Waals surface area contributed by atoms with Gasteiger partial charge in [0.15, 0.2) is 0 Å². The standard InChI is InChI=1S/C20H18NO/c1-14-13-19(18-5-3-4-6-20(18)21-14)15(2)17-9-7-16(8-10-17)11-12-22/h3-10,13,15H,11H2,1-2H3. The molecule has 0 aliphatic carbocycles. The van der Waals surface area contributed by atoms with Gasteiger partial charge in [0.2, 0.25) is 6.29 Å². The van der Waals surface area contributed by atoms with Gasteiger partial charge in [-0.15, -0.1) is 0 Å². The maximum Gasteiger partial charge on any atom is 0.203 e. The SMILES string of the molecule is Cc1cc(C(C)c2ccc(C[C]=O)cc2)c2ccccc2n1. The van der Waals surface area contributed by atoms with Gasteiger partial charge in [-0.2, -0.15) is 0 Å². The summed E-state index contributed by atoms with van der Waals surface area (Å²) in [6.07, 6.45) is 2.29. The van der Waals surface area contributed by atoms with Gasteiger partial charge in [-0.3, -0.25) is 9.78 Å². The lowest BCUT2D eigenvalue weighted by Gasteiger charge is -2.16. The van der Waals surface area contributed by atoms with Crippen LogP contribution < -0.4 is 0 Å². The first-order valence-corrected chi connectivity index (χ1v) is 7.49. The van der Waals surface area contributed by atoms with E-state index in [0.717, 1.165) is 16.8 Å². The molecule has 0 bridgehead atoms. The van der Waals surface area contributed by atoms with Crippen LogP contribution in [0.1, 0.15) is 35.2 Å². The molecule has 2 aromatic carbocycles. The smallest absolute Gasteiger partial charge is 0.203 e. The zero-order valence-corrected chi connectivity index (χ0v) is 12.8. The fourth-order valence-electron chi connectivity index (χ4n) is 2.89. The summed E-state index contributed by atoms with van der Waals surface area (Å²) < 4.78 is 0. The number of fused-ring (bicyclic) bond motifs is 1. The van der Waals surface area contributed by atoms with Crippen molar-refractivity contribution in [3.05, 3.63) is 77.0 Å². The molecule has 0 spiro atoms. The number of hydrogen-bond acceptors (Lipinski definition) is 2. The first-order valence-electron chi connectivity index (χ1n) is 7.49. The molecule has 1 aromatic heterocycles. The van der Waals surface area contributed by atoms with Crippen molar-refractivity contribution >= 4 is 17.2 Å². The molecule has 0 saturated carbocycles. The Morgan fingerprint density at radius 2 is 1.82 bits per heavy atom. The summed E-state index contributed by atoms with van der Waals surface area (Å²) in [6, 6.07) is 18.6. The molecule has 2 heteroatoms. The van der Waals surface area contributed by atoms with Gasteiger partial charge in [0.1, 0.15) is 0 Å². The van der Waals surface area contributed by atoms with Crippen LogP contribution in [0.15, 0.2) is 54.6 Å². The highest BCUT2D eigenvalue weighted by atomic mass is 16.1. The van der Waals surface area contributed by atoms with Crippen LogP contribution in [0, 0.1) is 6.92 Å². The maximum absolute atomic E-state index is 10.5. The molecular formula is C20H18NO. The Hall–Kier alpha value is -2.48. The summed E-state index contributed by atoms with van der Waals surface area (Å²) in [5.74, 6) is 0.279. The van der Waals surface area contributed by atoms with Crippen LogP contribution in [0.3, 0.4) is 0 Å². The predicted molar refractivity (Wildman–Crippen MR) is 89.8 cm³/mol. The lowest BCUT2D eigenvalue weighted by atomic mass is 9.89. The van der Waals surface area contributed by atoms with Gasteiger partial charge in [-0.25, -0.2) is 0 Å². The van der Waals surface area contributed by atoms with Crippen LogP contribution in [-0.2, 0) is 11.2 Å². The van der Waals surface area contributed by atoms with Crippen LogP contribution in [0.5, 0.6) is 0 Å². The number of pyridine rings is 1. The average Bonchev–Trinajstić information content (AvgIpc) is 2.54. The topological polar surface area (TPSA) is 30.0 Å². The van der Waals surface area contributed by atoms with Crippen molar-refractivity contribution in [2.24, 2.45) is 0 Å². The molecule has 1 unspecified atom stereocenters. The lowest BCUT2D eigenvalue weighted by molar-refractivity contribution is 0.555. The van der Waals surface area contributed by atoms with Crippen molar-refractivity contribution in [3.63, 3.8) is 0 Å². The number of aromatic nitrogens is 1. The molecule has 1 atom stereocenters. The first-order chi connectivity index (χ1) is 10.7. The quantitative estimate of drug-likeness (QED) is 0.714. The van der Waals surface area contributed by atoms with E-state index in [0.29, 0.717) is 6.42 Å². The van der Waals surface area contributed by atoms with Crippen LogP contribution in [0.2, 0.25) is 0 Å². The van der Waals surface area contributed by atoms with Gasteiger partial charge in [-0.1, -0.05) is 49.4 Å².